The van der Waals surface area contributed by atoms with Gasteiger partial charge in [0, 0.05) is 30.4 Å². The Kier molecular flexibility index (Phi) is 4.76. The molecule has 0 radical (unpaired) electrons. The largest absolute Gasteiger partial charge is 0.391 e. The van der Waals surface area contributed by atoms with Gasteiger partial charge in [0.05, 0.1) is 6.10 Å². The van der Waals surface area contributed by atoms with E-state index in [-0.39, 0.29) is 6.10 Å². The van der Waals surface area contributed by atoms with Crippen molar-refractivity contribution in [2.24, 2.45) is 5.92 Å². The number of halogens is 1. The number of aromatic nitrogens is 1. The molecule has 94 valence electrons. The molecule has 0 amide bonds. The fourth-order valence-corrected chi connectivity index (χ4v) is 2.19. The number of pyridine rings is 1. The maximum atomic E-state index is 10.0. The summed E-state index contributed by atoms with van der Waals surface area (Å²) in [7, 11) is 0. The fraction of sp³-hybridized carbons (Fsp3) is 0.583. The molecule has 0 aromatic carbocycles. The first-order valence-corrected chi connectivity index (χ1v) is 6.66. The Morgan fingerprint density at radius 2 is 2.24 bits per heavy atom. The van der Waals surface area contributed by atoms with Gasteiger partial charge in [-0.15, -0.1) is 0 Å². The second kappa shape index (κ2) is 6.33. The number of nitrogens with zero attached hydrogens (tertiary/aromatic N) is 1. The Hall–Kier alpha value is -0.650. The van der Waals surface area contributed by atoms with E-state index >= 15 is 0 Å². The predicted octanol–water partition coefficient (Wildman–Crippen LogP) is 2.04. The van der Waals surface area contributed by atoms with Crippen molar-refractivity contribution in [1.82, 2.24) is 4.98 Å². The highest BCUT2D eigenvalue weighted by molar-refractivity contribution is 9.10. The van der Waals surface area contributed by atoms with Crippen molar-refractivity contribution in [3.05, 3.63) is 22.8 Å². The Bertz CT molecular complexity index is 339. The molecule has 5 heteroatoms. The molecule has 2 rings (SSSR count). The third kappa shape index (κ3) is 3.94. The van der Waals surface area contributed by atoms with Crippen molar-refractivity contribution < 1.29 is 9.84 Å². The molecule has 1 aliphatic heterocycles. The van der Waals surface area contributed by atoms with Crippen LogP contribution in [-0.2, 0) is 4.74 Å². The lowest BCUT2D eigenvalue weighted by Crippen LogP contribution is -2.32. The number of hydrogen-bond donors (Lipinski definition) is 2. The second-order valence-corrected chi connectivity index (χ2v) is 5.18. The molecule has 2 N–H and O–H groups in total. The standard InChI is InChI=1S/C12H17BrN2O2/c13-10-1-2-12(14-7-10)15-8-11(16)9-3-5-17-6-4-9/h1-2,7,9,11,16H,3-6,8H2,(H,14,15)/t11-/m1/s1. The van der Waals surface area contributed by atoms with Crippen LogP contribution in [0.4, 0.5) is 5.82 Å². The van der Waals surface area contributed by atoms with Gasteiger partial charge < -0.3 is 15.2 Å². The average Bonchev–Trinajstić information content (AvgIpc) is 2.39. The van der Waals surface area contributed by atoms with Crippen LogP contribution in [0, 0.1) is 5.92 Å². The summed E-state index contributed by atoms with van der Waals surface area (Å²) >= 11 is 3.33. The van der Waals surface area contributed by atoms with E-state index < -0.39 is 0 Å². The third-order valence-corrected chi connectivity index (χ3v) is 3.50. The van der Waals surface area contributed by atoms with Gasteiger partial charge in [-0.25, -0.2) is 4.98 Å². The van der Waals surface area contributed by atoms with Gasteiger partial charge in [-0.1, -0.05) is 0 Å². The van der Waals surface area contributed by atoms with Gasteiger partial charge in [-0.05, 0) is 46.8 Å². The number of anilines is 1. The van der Waals surface area contributed by atoms with E-state index in [4.69, 9.17) is 4.74 Å². The predicted molar refractivity (Wildman–Crippen MR) is 70.0 cm³/mol. The van der Waals surface area contributed by atoms with Crippen molar-refractivity contribution >= 4 is 21.7 Å². The van der Waals surface area contributed by atoms with E-state index in [1.54, 1.807) is 6.20 Å². The summed E-state index contributed by atoms with van der Waals surface area (Å²) in [5.41, 5.74) is 0. The molecule has 0 bridgehead atoms. The lowest BCUT2D eigenvalue weighted by Gasteiger charge is -2.26. The quantitative estimate of drug-likeness (QED) is 0.893. The Morgan fingerprint density at radius 3 is 2.88 bits per heavy atom. The van der Waals surface area contributed by atoms with Gasteiger partial charge in [0.2, 0.25) is 0 Å². The topological polar surface area (TPSA) is 54.4 Å². The zero-order chi connectivity index (χ0) is 12.1. The first kappa shape index (κ1) is 12.8. The number of ether oxygens (including phenoxy) is 1. The van der Waals surface area contributed by atoms with Gasteiger partial charge in [0.1, 0.15) is 5.82 Å². The van der Waals surface area contributed by atoms with Gasteiger partial charge in [0.25, 0.3) is 0 Å². The fourth-order valence-electron chi connectivity index (χ4n) is 1.96. The number of hydrogen-bond acceptors (Lipinski definition) is 4. The summed E-state index contributed by atoms with van der Waals surface area (Å²) < 4.78 is 6.23. The highest BCUT2D eigenvalue weighted by Gasteiger charge is 2.21. The molecular weight excluding hydrogens is 284 g/mol. The van der Waals surface area contributed by atoms with Crippen molar-refractivity contribution in [3.63, 3.8) is 0 Å². The molecule has 1 atom stereocenters. The first-order chi connectivity index (χ1) is 8.25. The van der Waals surface area contributed by atoms with Crippen LogP contribution in [0.15, 0.2) is 22.8 Å². The van der Waals surface area contributed by atoms with E-state index in [1.165, 1.54) is 0 Å². The molecular formula is C12H17BrN2O2. The molecule has 0 aliphatic carbocycles. The molecule has 1 fully saturated rings. The maximum absolute atomic E-state index is 10.0. The Labute approximate surface area is 110 Å². The molecule has 0 unspecified atom stereocenters. The third-order valence-electron chi connectivity index (χ3n) is 3.03. The smallest absolute Gasteiger partial charge is 0.126 e. The summed E-state index contributed by atoms with van der Waals surface area (Å²) in [6, 6.07) is 3.82. The number of aliphatic hydroxyl groups is 1. The van der Waals surface area contributed by atoms with Crippen LogP contribution < -0.4 is 5.32 Å². The van der Waals surface area contributed by atoms with Crippen LogP contribution in [0.25, 0.3) is 0 Å². The molecule has 1 saturated heterocycles. The molecule has 1 aromatic rings. The van der Waals surface area contributed by atoms with Gasteiger partial charge in [0.15, 0.2) is 0 Å². The highest BCUT2D eigenvalue weighted by atomic mass is 79.9. The van der Waals surface area contributed by atoms with E-state index in [2.05, 4.69) is 26.2 Å². The SMILES string of the molecule is O[C@H](CNc1ccc(Br)cn1)C1CCOCC1. The summed E-state index contributed by atoms with van der Waals surface area (Å²) in [6.45, 7) is 2.07. The molecule has 4 nitrogen and oxygen atoms in total. The molecule has 1 aliphatic rings. The number of nitrogens with one attached hydrogen (secondary N) is 1. The maximum Gasteiger partial charge on any atom is 0.126 e. The number of aliphatic hydroxyl groups excluding tert-OH is 1. The van der Waals surface area contributed by atoms with Crippen molar-refractivity contribution in [2.45, 2.75) is 18.9 Å². The zero-order valence-electron chi connectivity index (χ0n) is 9.60. The average molecular weight is 301 g/mol. The van der Waals surface area contributed by atoms with Crippen molar-refractivity contribution in [3.8, 4) is 0 Å². The monoisotopic (exact) mass is 300 g/mol. The summed E-state index contributed by atoms with van der Waals surface area (Å²) in [5.74, 6) is 1.13. The first-order valence-electron chi connectivity index (χ1n) is 5.87. The van der Waals surface area contributed by atoms with Crippen LogP contribution in [0.2, 0.25) is 0 Å². The summed E-state index contributed by atoms with van der Waals surface area (Å²) in [5, 5.41) is 13.2. The number of rotatable bonds is 4. The van der Waals surface area contributed by atoms with Crippen LogP contribution >= 0.6 is 15.9 Å². The second-order valence-electron chi connectivity index (χ2n) is 4.26. The molecule has 1 aromatic heterocycles. The van der Waals surface area contributed by atoms with Crippen LogP contribution in [-0.4, -0.2) is 36.0 Å². The van der Waals surface area contributed by atoms with Gasteiger partial charge in [-0.3, -0.25) is 0 Å². The normalized spacial score (nSPS) is 18.9. The van der Waals surface area contributed by atoms with E-state index in [0.29, 0.717) is 12.5 Å². The van der Waals surface area contributed by atoms with Crippen LogP contribution in [0.3, 0.4) is 0 Å². The lowest BCUT2D eigenvalue weighted by atomic mass is 9.94. The van der Waals surface area contributed by atoms with Crippen LogP contribution in [0.5, 0.6) is 0 Å². The molecule has 0 saturated carbocycles. The minimum absolute atomic E-state index is 0.329. The minimum Gasteiger partial charge on any atom is -0.391 e. The highest BCUT2D eigenvalue weighted by Crippen LogP contribution is 2.19. The summed E-state index contributed by atoms with van der Waals surface area (Å²) in [4.78, 5) is 4.20. The van der Waals surface area contributed by atoms with E-state index in [1.807, 2.05) is 12.1 Å². The van der Waals surface area contributed by atoms with Crippen LogP contribution in [0.1, 0.15) is 12.8 Å². The zero-order valence-corrected chi connectivity index (χ0v) is 11.2. The Morgan fingerprint density at radius 1 is 1.47 bits per heavy atom. The van der Waals surface area contributed by atoms with Gasteiger partial charge >= 0.3 is 0 Å². The molecule has 17 heavy (non-hydrogen) atoms. The van der Waals surface area contributed by atoms with Crippen molar-refractivity contribution in [1.29, 1.82) is 0 Å². The minimum atomic E-state index is -0.329. The summed E-state index contributed by atoms with van der Waals surface area (Å²) in [6.07, 6.45) is 3.29. The lowest BCUT2D eigenvalue weighted by molar-refractivity contribution is 0.0131. The molecule has 2 heterocycles. The van der Waals surface area contributed by atoms with Crippen molar-refractivity contribution in [2.75, 3.05) is 25.1 Å². The molecule has 0 spiro atoms. The van der Waals surface area contributed by atoms with E-state index in [0.717, 1.165) is 36.3 Å². The Balaban J connectivity index is 1.78. The van der Waals surface area contributed by atoms with Gasteiger partial charge in [-0.2, -0.15) is 0 Å². The van der Waals surface area contributed by atoms with E-state index in [9.17, 15) is 5.11 Å².